The summed E-state index contributed by atoms with van der Waals surface area (Å²) in [5, 5.41) is -0.483. The van der Waals surface area contributed by atoms with Crippen LogP contribution in [0.3, 0.4) is 0 Å². The molecule has 1 aromatic heterocycles. The Morgan fingerprint density at radius 3 is 2.28 bits per heavy atom. The molecule has 7 heteroatoms. The van der Waals surface area contributed by atoms with Gasteiger partial charge in [0.15, 0.2) is 5.03 Å². The molecule has 1 aromatic rings. The first kappa shape index (κ1) is 15.1. The zero-order valence-electron chi connectivity index (χ0n) is 10.6. The van der Waals surface area contributed by atoms with Crippen molar-refractivity contribution in [2.75, 3.05) is 0 Å². The third-order valence-corrected chi connectivity index (χ3v) is 3.34. The molecule has 0 spiro atoms. The number of halogens is 3. The van der Waals surface area contributed by atoms with Gasteiger partial charge in [0.25, 0.3) is 0 Å². The van der Waals surface area contributed by atoms with Crippen molar-refractivity contribution in [2.24, 2.45) is 0 Å². The normalized spacial score (nSPS) is 14.6. The first-order valence-electron chi connectivity index (χ1n) is 5.24. The maximum atomic E-state index is 12.8. The van der Waals surface area contributed by atoms with Gasteiger partial charge < -0.3 is 0 Å². The summed E-state index contributed by atoms with van der Waals surface area (Å²) in [7, 11) is -2.00. The summed E-state index contributed by atoms with van der Waals surface area (Å²) >= 11 is 0. The zero-order valence-corrected chi connectivity index (χ0v) is 11.4. The summed E-state index contributed by atoms with van der Waals surface area (Å²) in [5.74, 6) is 0. The van der Waals surface area contributed by atoms with E-state index in [9.17, 15) is 17.4 Å². The number of alkyl halides is 3. The number of pyridine rings is 1. The molecule has 102 valence electrons. The molecule has 1 unspecified atom stereocenters. The van der Waals surface area contributed by atoms with Crippen molar-refractivity contribution >= 4 is 11.0 Å². The van der Waals surface area contributed by atoms with Crippen LogP contribution in [0.25, 0.3) is 0 Å². The second-order valence-corrected chi connectivity index (χ2v) is 6.11. The number of nitrogens with one attached hydrogen (secondary N) is 1. The van der Waals surface area contributed by atoms with E-state index in [1.807, 2.05) is 0 Å². The molecule has 0 bridgehead atoms. The maximum absolute atomic E-state index is 12.8. The highest BCUT2D eigenvalue weighted by Crippen LogP contribution is 2.33. The Hall–Kier alpha value is -0.950. The van der Waals surface area contributed by atoms with Crippen LogP contribution in [0.1, 0.15) is 31.9 Å². The molecule has 1 N–H and O–H groups in total. The average Bonchev–Trinajstić information content (AvgIpc) is 2.13. The molecule has 1 rings (SSSR count). The van der Waals surface area contributed by atoms with Gasteiger partial charge in [-0.05, 0) is 39.3 Å². The number of nitrogens with zero attached hydrogens (tertiary/aromatic N) is 1. The van der Waals surface area contributed by atoms with Gasteiger partial charge >= 0.3 is 6.18 Å². The van der Waals surface area contributed by atoms with Crippen molar-refractivity contribution in [1.29, 1.82) is 0 Å². The average molecular weight is 280 g/mol. The van der Waals surface area contributed by atoms with Gasteiger partial charge in [0.2, 0.25) is 0 Å². The summed E-state index contributed by atoms with van der Waals surface area (Å²) in [6.45, 7) is 6.65. The molecule has 0 aliphatic heterocycles. The number of rotatable bonds is 2. The Morgan fingerprint density at radius 2 is 1.83 bits per heavy atom. The van der Waals surface area contributed by atoms with Gasteiger partial charge in [0.05, 0.1) is 5.56 Å². The number of hydrogen-bond acceptors (Lipinski definition) is 2. The molecule has 1 heterocycles. The first-order chi connectivity index (χ1) is 8.00. The van der Waals surface area contributed by atoms with Crippen molar-refractivity contribution in [2.45, 2.75) is 44.4 Å². The predicted octanol–water partition coefficient (Wildman–Crippen LogP) is 2.82. The predicted molar refractivity (Wildman–Crippen MR) is 63.3 cm³/mol. The van der Waals surface area contributed by atoms with E-state index < -0.39 is 33.3 Å². The van der Waals surface area contributed by atoms with Crippen molar-refractivity contribution in [1.82, 2.24) is 9.71 Å². The summed E-state index contributed by atoms with van der Waals surface area (Å²) in [6, 6.07) is 0.949. The third-order valence-electron chi connectivity index (χ3n) is 1.87. The minimum atomic E-state index is -4.57. The maximum Gasteiger partial charge on any atom is 0.419 e. The minimum absolute atomic E-state index is 0.374. The van der Waals surface area contributed by atoms with Crippen LogP contribution >= 0.6 is 0 Å². The highest BCUT2D eigenvalue weighted by molar-refractivity contribution is 7.83. The fourth-order valence-corrected chi connectivity index (χ4v) is 2.41. The van der Waals surface area contributed by atoms with E-state index in [1.54, 1.807) is 20.8 Å². The first-order valence-corrected chi connectivity index (χ1v) is 6.39. The topological polar surface area (TPSA) is 42.0 Å². The van der Waals surface area contributed by atoms with Crippen molar-refractivity contribution in [3.8, 4) is 0 Å². The van der Waals surface area contributed by atoms with Gasteiger partial charge in [-0.25, -0.2) is 13.9 Å². The lowest BCUT2D eigenvalue weighted by Crippen LogP contribution is -2.38. The van der Waals surface area contributed by atoms with Gasteiger partial charge in [0, 0.05) is 11.7 Å². The molecule has 18 heavy (non-hydrogen) atoms. The highest BCUT2D eigenvalue weighted by Gasteiger charge is 2.36. The van der Waals surface area contributed by atoms with Crippen LogP contribution in [-0.4, -0.2) is 14.7 Å². The summed E-state index contributed by atoms with van der Waals surface area (Å²) in [6.07, 6.45) is -3.30. The molecule has 0 fully saturated rings. The quantitative estimate of drug-likeness (QED) is 0.905. The Morgan fingerprint density at radius 1 is 1.28 bits per heavy atom. The lowest BCUT2D eigenvalue weighted by molar-refractivity contribution is -0.140. The van der Waals surface area contributed by atoms with Crippen LogP contribution in [-0.2, 0) is 17.2 Å². The van der Waals surface area contributed by atoms with Crippen LogP contribution < -0.4 is 4.72 Å². The zero-order chi connectivity index (χ0) is 14.1. The van der Waals surface area contributed by atoms with Crippen LogP contribution in [0.15, 0.2) is 17.3 Å². The second-order valence-electron chi connectivity index (χ2n) is 4.98. The Bertz CT molecular complexity index is 466. The van der Waals surface area contributed by atoms with E-state index in [-0.39, 0.29) is 0 Å². The van der Waals surface area contributed by atoms with Gasteiger partial charge in [-0.1, -0.05) is 0 Å². The van der Waals surface area contributed by atoms with E-state index in [0.29, 0.717) is 5.56 Å². The molecule has 0 aromatic carbocycles. The Balaban J connectivity index is 3.21. The van der Waals surface area contributed by atoms with Crippen molar-refractivity contribution in [3.05, 3.63) is 23.4 Å². The number of aromatic nitrogens is 1. The second kappa shape index (κ2) is 4.97. The van der Waals surface area contributed by atoms with Gasteiger partial charge in [-0.3, -0.25) is 0 Å². The van der Waals surface area contributed by atoms with E-state index >= 15 is 0 Å². The van der Waals surface area contributed by atoms with E-state index in [1.165, 1.54) is 13.1 Å². The lowest BCUT2D eigenvalue weighted by atomic mass is 10.1. The third kappa shape index (κ3) is 4.06. The van der Waals surface area contributed by atoms with E-state index in [0.717, 1.165) is 6.07 Å². The smallest absolute Gasteiger partial charge is 0.245 e. The van der Waals surface area contributed by atoms with Gasteiger partial charge in [-0.2, -0.15) is 13.2 Å². The Labute approximate surface area is 106 Å². The molecule has 0 aliphatic rings. The standard InChI is InChI=1S/C11H15F3N2OS/c1-7-5-8(11(12,13)14)9(15-6-7)18(17)16-10(2,3)4/h5-6,16H,1-4H3. The molecule has 0 radical (unpaired) electrons. The fourth-order valence-electron chi connectivity index (χ4n) is 1.23. The number of aryl methyl sites for hydroxylation is 1. The summed E-state index contributed by atoms with van der Waals surface area (Å²) in [5.41, 5.74) is -1.16. The summed E-state index contributed by atoms with van der Waals surface area (Å²) in [4.78, 5) is 3.65. The molecule has 1 atom stereocenters. The highest BCUT2D eigenvalue weighted by atomic mass is 32.2. The Kier molecular flexibility index (Phi) is 4.17. The SMILES string of the molecule is Cc1cnc(S(=O)NC(C)(C)C)c(C(F)(F)F)c1. The van der Waals surface area contributed by atoms with Crippen molar-refractivity contribution < 1.29 is 17.4 Å². The van der Waals surface area contributed by atoms with Crippen LogP contribution in [0.4, 0.5) is 13.2 Å². The minimum Gasteiger partial charge on any atom is -0.245 e. The molecular weight excluding hydrogens is 265 g/mol. The molecular formula is C11H15F3N2OS. The molecule has 0 saturated heterocycles. The van der Waals surface area contributed by atoms with Crippen LogP contribution in [0.2, 0.25) is 0 Å². The molecule has 0 aliphatic carbocycles. The van der Waals surface area contributed by atoms with Crippen molar-refractivity contribution in [3.63, 3.8) is 0 Å². The van der Waals surface area contributed by atoms with Crippen LogP contribution in [0.5, 0.6) is 0 Å². The van der Waals surface area contributed by atoms with Gasteiger partial charge in [-0.15, -0.1) is 0 Å². The molecule has 3 nitrogen and oxygen atoms in total. The molecule has 0 saturated carbocycles. The largest absolute Gasteiger partial charge is 0.419 e. The lowest BCUT2D eigenvalue weighted by Gasteiger charge is -2.20. The fraction of sp³-hybridized carbons (Fsp3) is 0.545. The van der Waals surface area contributed by atoms with Crippen LogP contribution in [0, 0.1) is 6.92 Å². The monoisotopic (exact) mass is 280 g/mol. The van der Waals surface area contributed by atoms with E-state index in [4.69, 9.17) is 0 Å². The number of hydrogen-bond donors (Lipinski definition) is 1. The summed E-state index contributed by atoms with van der Waals surface area (Å²) < 4.78 is 52.9. The molecule has 0 amide bonds. The van der Waals surface area contributed by atoms with E-state index in [2.05, 4.69) is 9.71 Å². The van der Waals surface area contributed by atoms with Gasteiger partial charge in [0.1, 0.15) is 11.0 Å².